The van der Waals surface area contributed by atoms with E-state index in [1.54, 1.807) is 6.08 Å². The van der Waals surface area contributed by atoms with Gasteiger partial charge in [0.05, 0.1) is 18.1 Å². The Bertz CT molecular complexity index is 756. The molecule has 1 aromatic rings. The van der Waals surface area contributed by atoms with Gasteiger partial charge in [-0.05, 0) is 37.7 Å². The molecular formula is C25H35NO4. The highest BCUT2D eigenvalue weighted by Crippen LogP contribution is 2.28. The van der Waals surface area contributed by atoms with E-state index in [0.717, 1.165) is 24.0 Å². The zero-order valence-electron chi connectivity index (χ0n) is 18.6. The molecule has 4 atom stereocenters. The number of ether oxygens (including phenoxy) is 1. The quantitative estimate of drug-likeness (QED) is 0.562. The summed E-state index contributed by atoms with van der Waals surface area (Å²) < 4.78 is 5.23. The number of hydrogen-bond acceptors (Lipinski definition) is 4. The number of aliphatic hydroxyl groups excluding tert-OH is 1. The van der Waals surface area contributed by atoms with Gasteiger partial charge in [-0.3, -0.25) is 4.79 Å². The van der Waals surface area contributed by atoms with Crippen molar-refractivity contribution >= 4 is 12.0 Å². The van der Waals surface area contributed by atoms with E-state index in [9.17, 15) is 14.7 Å². The first-order valence-electron chi connectivity index (χ1n) is 10.8. The highest BCUT2D eigenvalue weighted by atomic mass is 16.6. The van der Waals surface area contributed by atoms with Gasteiger partial charge < -0.3 is 9.84 Å². The Hall–Kier alpha value is -2.40. The van der Waals surface area contributed by atoms with Crippen molar-refractivity contribution in [2.24, 2.45) is 17.8 Å². The zero-order chi connectivity index (χ0) is 22.3. The van der Waals surface area contributed by atoms with Crippen molar-refractivity contribution < 1.29 is 19.4 Å². The fraction of sp³-hybridized carbons (Fsp3) is 0.520. The van der Waals surface area contributed by atoms with Crippen LogP contribution in [-0.4, -0.2) is 40.8 Å². The van der Waals surface area contributed by atoms with Gasteiger partial charge in [0.15, 0.2) is 0 Å². The normalized spacial score (nSPS) is 20.1. The summed E-state index contributed by atoms with van der Waals surface area (Å²) in [6, 6.07) is 9.34. The lowest BCUT2D eigenvalue weighted by atomic mass is 9.84. The molecule has 1 aliphatic heterocycles. The first-order valence-corrected chi connectivity index (χ1v) is 10.8. The van der Waals surface area contributed by atoms with Gasteiger partial charge in [0.25, 0.3) is 0 Å². The summed E-state index contributed by atoms with van der Waals surface area (Å²) in [7, 11) is 0. The summed E-state index contributed by atoms with van der Waals surface area (Å²) in [5.74, 6) is -0.963. The van der Waals surface area contributed by atoms with Gasteiger partial charge in [0.2, 0.25) is 5.91 Å². The third kappa shape index (κ3) is 6.05. The van der Waals surface area contributed by atoms with Gasteiger partial charge in [-0.1, -0.05) is 68.8 Å². The van der Waals surface area contributed by atoms with E-state index in [1.807, 2.05) is 50.3 Å². The predicted molar refractivity (Wildman–Crippen MR) is 119 cm³/mol. The number of benzene rings is 1. The van der Waals surface area contributed by atoms with Crippen molar-refractivity contribution in [1.82, 2.24) is 4.90 Å². The molecule has 1 aromatic carbocycles. The first-order chi connectivity index (χ1) is 14.3. The molecule has 0 aromatic heterocycles. The number of imide groups is 1. The largest absolute Gasteiger partial charge is 0.447 e. The van der Waals surface area contributed by atoms with Crippen LogP contribution in [-0.2, 0) is 16.0 Å². The summed E-state index contributed by atoms with van der Waals surface area (Å²) in [5, 5.41) is 10.9. The van der Waals surface area contributed by atoms with Crippen molar-refractivity contribution in [1.29, 1.82) is 0 Å². The maximum atomic E-state index is 13.5. The third-order valence-corrected chi connectivity index (χ3v) is 5.73. The van der Waals surface area contributed by atoms with Gasteiger partial charge >= 0.3 is 6.09 Å². The summed E-state index contributed by atoms with van der Waals surface area (Å²) >= 11 is 0. The van der Waals surface area contributed by atoms with Crippen LogP contribution in [0, 0.1) is 17.8 Å². The molecule has 2 rings (SSSR count). The van der Waals surface area contributed by atoms with Crippen molar-refractivity contribution in [3.8, 4) is 0 Å². The molecule has 5 nitrogen and oxygen atoms in total. The molecule has 164 valence electrons. The summed E-state index contributed by atoms with van der Waals surface area (Å²) in [5.41, 5.74) is 1.80. The fourth-order valence-electron chi connectivity index (χ4n) is 3.74. The fourth-order valence-corrected chi connectivity index (χ4v) is 3.74. The second-order valence-electron chi connectivity index (χ2n) is 8.61. The Morgan fingerprint density at radius 3 is 2.57 bits per heavy atom. The van der Waals surface area contributed by atoms with E-state index in [1.165, 1.54) is 4.90 Å². The van der Waals surface area contributed by atoms with Crippen molar-refractivity contribution in [2.75, 3.05) is 6.61 Å². The van der Waals surface area contributed by atoms with E-state index in [0.29, 0.717) is 12.3 Å². The smallest absolute Gasteiger partial charge is 0.417 e. The lowest BCUT2D eigenvalue weighted by molar-refractivity contribution is -0.136. The lowest BCUT2D eigenvalue weighted by Gasteiger charge is -2.30. The molecule has 5 heteroatoms. The Balaban J connectivity index is 2.29. The van der Waals surface area contributed by atoms with E-state index in [-0.39, 0.29) is 18.6 Å². The van der Waals surface area contributed by atoms with Crippen LogP contribution in [0.2, 0.25) is 0 Å². The number of amides is 2. The van der Waals surface area contributed by atoms with E-state index in [4.69, 9.17) is 4.74 Å². The second kappa shape index (κ2) is 11.1. The molecule has 1 aliphatic rings. The molecule has 0 bridgehead atoms. The number of carbonyl (C=O) groups is 2. The second-order valence-corrected chi connectivity index (χ2v) is 8.61. The number of hydrogen-bond donors (Lipinski definition) is 1. The van der Waals surface area contributed by atoms with Crippen LogP contribution in [0.25, 0.3) is 0 Å². The molecule has 1 heterocycles. The topological polar surface area (TPSA) is 66.8 Å². The number of allylic oxidation sites excluding steroid dienone is 1. The van der Waals surface area contributed by atoms with E-state index in [2.05, 4.69) is 20.4 Å². The number of nitrogens with zero attached hydrogens (tertiary/aromatic N) is 1. The number of cyclic esters (lactones) is 1. The first kappa shape index (κ1) is 23.9. The van der Waals surface area contributed by atoms with Gasteiger partial charge in [-0.25, -0.2) is 9.69 Å². The van der Waals surface area contributed by atoms with Crippen molar-refractivity contribution in [2.45, 2.75) is 59.1 Å². The minimum absolute atomic E-state index is 0.162. The van der Waals surface area contributed by atoms with Crippen LogP contribution in [0.3, 0.4) is 0 Å². The molecule has 2 amide bonds. The molecule has 0 saturated carbocycles. The van der Waals surface area contributed by atoms with Gasteiger partial charge in [0.1, 0.15) is 6.61 Å². The zero-order valence-corrected chi connectivity index (χ0v) is 18.6. The van der Waals surface area contributed by atoms with Crippen LogP contribution in [0.15, 0.2) is 54.6 Å². The summed E-state index contributed by atoms with van der Waals surface area (Å²) in [6.07, 6.45) is 4.38. The van der Waals surface area contributed by atoms with Crippen molar-refractivity contribution in [3.63, 3.8) is 0 Å². The Labute approximate surface area is 180 Å². The molecule has 0 spiro atoms. The number of rotatable bonds is 10. The van der Waals surface area contributed by atoms with Gasteiger partial charge in [-0.2, -0.15) is 0 Å². The van der Waals surface area contributed by atoms with E-state index < -0.39 is 24.0 Å². The third-order valence-electron chi connectivity index (χ3n) is 5.73. The maximum Gasteiger partial charge on any atom is 0.417 e. The Morgan fingerprint density at radius 2 is 1.97 bits per heavy atom. The van der Waals surface area contributed by atoms with Crippen LogP contribution < -0.4 is 0 Å². The van der Waals surface area contributed by atoms with Crippen LogP contribution >= 0.6 is 0 Å². The minimum atomic E-state index is -0.962. The Kier molecular flexibility index (Phi) is 8.85. The van der Waals surface area contributed by atoms with Crippen molar-refractivity contribution in [3.05, 3.63) is 60.2 Å². The average molecular weight is 414 g/mol. The molecule has 0 aliphatic carbocycles. The average Bonchev–Trinajstić information content (AvgIpc) is 3.07. The van der Waals surface area contributed by atoms with Crippen LogP contribution in [0.5, 0.6) is 0 Å². The molecular weight excluding hydrogens is 378 g/mol. The molecule has 1 fully saturated rings. The maximum absolute atomic E-state index is 13.5. The van der Waals surface area contributed by atoms with Crippen LogP contribution in [0.4, 0.5) is 4.79 Å². The Morgan fingerprint density at radius 1 is 1.30 bits per heavy atom. The number of carbonyl (C=O) groups excluding carboxylic acids is 2. The highest BCUT2D eigenvalue weighted by Gasteiger charge is 2.43. The minimum Gasteiger partial charge on any atom is -0.447 e. The predicted octanol–water partition coefficient (Wildman–Crippen LogP) is 4.76. The van der Waals surface area contributed by atoms with Gasteiger partial charge in [0, 0.05) is 5.92 Å². The van der Waals surface area contributed by atoms with Crippen LogP contribution in [0.1, 0.15) is 46.1 Å². The summed E-state index contributed by atoms with van der Waals surface area (Å²) in [4.78, 5) is 27.2. The molecule has 1 saturated heterocycles. The molecule has 4 unspecified atom stereocenters. The van der Waals surface area contributed by atoms with E-state index >= 15 is 0 Å². The molecule has 0 radical (unpaired) electrons. The molecule has 30 heavy (non-hydrogen) atoms. The SMILES string of the molecule is C=CC(C)C(O)C(C(=O)N1C(=O)OCC1Cc1ccccc1)/C(C)=C/CCC(C)C. The molecule has 1 N–H and O–H groups in total. The standard InChI is InChI=1S/C25H35NO4/c1-6-18(4)23(27)22(19(5)12-10-11-17(2)3)24(28)26-21(16-30-25(26)29)15-20-13-8-7-9-14-20/h6-9,12-14,17-18,21-23,27H,1,10-11,15-16H2,2-5H3/b19-12+. The monoisotopic (exact) mass is 413 g/mol. The highest BCUT2D eigenvalue weighted by molar-refractivity contribution is 5.96. The summed E-state index contributed by atoms with van der Waals surface area (Å²) in [6.45, 7) is 11.9. The van der Waals surface area contributed by atoms with Gasteiger partial charge in [-0.15, -0.1) is 6.58 Å². The number of aliphatic hydroxyl groups is 1. The lowest BCUT2D eigenvalue weighted by Crippen LogP contribution is -2.48.